The summed E-state index contributed by atoms with van der Waals surface area (Å²) in [6.07, 6.45) is 0. The third-order valence-corrected chi connectivity index (χ3v) is 1.38. The average Bonchev–Trinajstić information content (AvgIpc) is 2.64. The van der Waals surface area contributed by atoms with Crippen LogP contribution in [0.5, 0.6) is 0 Å². The van der Waals surface area contributed by atoms with Gasteiger partial charge in [0.1, 0.15) is 5.69 Å². The molecule has 0 spiro atoms. The number of nitrogens with one attached hydrogen (secondary N) is 1. The van der Waals surface area contributed by atoms with Crippen molar-refractivity contribution in [3.8, 4) is 0 Å². The Balaban J connectivity index is 0.00000169. The molecule has 0 atom stereocenters. The first-order valence-corrected chi connectivity index (χ1v) is 3.41. The number of esters is 2. The number of rotatable bonds is 2. The van der Waals surface area contributed by atoms with E-state index in [1.54, 1.807) is 0 Å². The lowest BCUT2D eigenvalue weighted by Gasteiger charge is -1.91. The molecule has 1 aromatic rings. The van der Waals surface area contributed by atoms with Crippen LogP contribution in [0.3, 0.4) is 0 Å². The summed E-state index contributed by atoms with van der Waals surface area (Å²) in [5.74, 6) is -1.19. The lowest BCUT2D eigenvalue weighted by molar-refractivity contribution is 0.0588. The van der Waals surface area contributed by atoms with Crippen molar-refractivity contribution in [2.24, 2.45) is 0 Å². The number of aromatic nitrogens is 2. The van der Waals surface area contributed by atoms with Gasteiger partial charge in [-0.3, -0.25) is 5.10 Å². The zero-order valence-corrected chi connectivity index (χ0v) is 7.86. The fraction of sp³-hybridized carbons (Fsp3) is 0.286. The molecule has 1 rings (SSSR count). The van der Waals surface area contributed by atoms with Crippen LogP contribution in [0, 0.1) is 0 Å². The van der Waals surface area contributed by atoms with Gasteiger partial charge in [-0.15, -0.1) is 0 Å². The molecule has 14 heavy (non-hydrogen) atoms. The summed E-state index contributed by atoms with van der Waals surface area (Å²) in [5, 5.41) is 5.90. The van der Waals surface area contributed by atoms with Crippen molar-refractivity contribution in [1.82, 2.24) is 16.3 Å². The van der Waals surface area contributed by atoms with E-state index in [2.05, 4.69) is 19.7 Å². The summed E-state index contributed by atoms with van der Waals surface area (Å²) in [4.78, 5) is 21.8. The van der Waals surface area contributed by atoms with Gasteiger partial charge in [0, 0.05) is 6.07 Å². The summed E-state index contributed by atoms with van der Waals surface area (Å²) < 4.78 is 8.79. The molecule has 7 nitrogen and oxygen atoms in total. The van der Waals surface area contributed by atoms with Crippen LogP contribution in [0.2, 0.25) is 0 Å². The predicted octanol–water partition coefficient (Wildman–Crippen LogP) is 0.145. The molecule has 0 aliphatic rings. The molecule has 0 aromatic carbocycles. The molecule has 7 heteroatoms. The minimum atomic E-state index is -0.605. The van der Waals surface area contributed by atoms with E-state index in [0.29, 0.717) is 0 Å². The highest BCUT2D eigenvalue weighted by molar-refractivity contribution is 5.92. The monoisotopic (exact) mass is 201 g/mol. The number of hydrogen-bond donors (Lipinski definition) is 2. The van der Waals surface area contributed by atoms with Gasteiger partial charge in [-0.1, -0.05) is 0 Å². The highest BCUT2D eigenvalue weighted by Gasteiger charge is 2.14. The highest BCUT2D eigenvalue weighted by atomic mass is 16.5. The number of ether oxygens (including phenoxy) is 2. The molecule has 0 bridgehead atoms. The number of nitrogens with zero attached hydrogens (tertiary/aromatic N) is 1. The van der Waals surface area contributed by atoms with Gasteiger partial charge in [-0.05, 0) is 0 Å². The van der Waals surface area contributed by atoms with E-state index in [9.17, 15) is 9.59 Å². The van der Waals surface area contributed by atoms with Crippen LogP contribution in [0.1, 0.15) is 21.0 Å². The third kappa shape index (κ3) is 2.30. The quantitative estimate of drug-likeness (QED) is 0.657. The van der Waals surface area contributed by atoms with Crippen molar-refractivity contribution in [3.05, 3.63) is 17.5 Å². The van der Waals surface area contributed by atoms with Gasteiger partial charge >= 0.3 is 11.9 Å². The Kier molecular flexibility index (Phi) is 4.30. The van der Waals surface area contributed by atoms with Crippen molar-refractivity contribution >= 4 is 11.9 Å². The number of H-pyrrole nitrogens is 1. The van der Waals surface area contributed by atoms with E-state index in [1.165, 1.54) is 20.3 Å². The Labute approximate surface area is 80.0 Å². The zero-order chi connectivity index (χ0) is 9.84. The molecule has 4 N–H and O–H groups in total. The molecule has 0 saturated carbocycles. The maximum absolute atomic E-state index is 10.9. The van der Waals surface area contributed by atoms with Crippen molar-refractivity contribution in [1.29, 1.82) is 0 Å². The van der Waals surface area contributed by atoms with E-state index in [0.717, 1.165) is 0 Å². The van der Waals surface area contributed by atoms with Gasteiger partial charge in [0.25, 0.3) is 0 Å². The fourth-order valence-electron chi connectivity index (χ4n) is 0.745. The van der Waals surface area contributed by atoms with Crippen LogP contribution in [0.4, 0.5) is 0 Å². The van der Waals surface area contributed by atoms with E-state index >= 15 is 0 Å². The lowest BCUT2D eigenvalue weighted by Crippen LogP contribution is -2.01. The van der Waals surface area contributed by atoms with E-state index in [4.69, 9.17) is 0 Å². The molecule has 1 aromatic heterocycles. The van der Waals surface area contributed by atoms with Gasteiger partial charge in [-0.25, -0.2) is 9.59 Å². The summed E-state index contributed by atoms with van der Waals surface area (Å²) in [5.41, 5.74) is 0.158. The smallest absolute Gasteiger partial charge is 0.358 e. The SMILES string of the molecule is COC(=O)c1cc(C(=O)OC)[nH]n1.N. The molecule has 0 amide bonds. The Morgan fingerprint density at radius 2 is 1.86 bits per heavy atom. The van der Waals surface area contributed by atoms with Crippen LogP contribution in [-0.2, 0) is 9.47 Å². The predicted molar refractivity (Wildman–Crippen MR) is 46.3 cm³/mol. The topological polar surface area (TPSA) is 116 Å². The molecule has 0 saturated heterocycles. The van der Waals surface area contributed by atoms with E-state index in [-0.39, 0.29) is 17.5 Å². The summed E-state index contributed by atoms with van der Waals surface area (Å²) in [7, 11) is 2.47. The van der Waals surface area contributed by atoms with Crippen molar-refractivity contribution in [3.63, 3.8) is 0 Å². The van der Waals surface area contributed by atoms with Crippen molar-refractivity contribution < 1.29 is 19.1 Å². The number of carbonyl (C=O) groups is 2. The Morgan fingerprint density at radius 1 is 1.29 bits per heavy atom. The van der Waals surface area contributed by atoms with Crippen LogP contribution < -0.4 is 6.15 Å². The molecule has 0 radical (unpaired) electrons. The zero-order valence-electron chi connectivity index (χ0n) is 7.86. The minimum Gasteiger partial charge on any atom is -0.464 e. The van der Waals surface area contributed by atoms with E-state index < -0.39 is 11.9 Å². The molecule has 0 unspecified atom stereocenters. The maximum Gasteiger partial charge on any atom is 0.358 e. The Hall–Kier alpha value is -1.89. The lowest BCUT2D eigenvalue weighted by atomic mass is 10.3. The van der Waals surface area contributed by atoms with E-state index in [1.807, 2.05) is 0 Å². The van der Waals surface area contributed by atoms with Gasteiger partial charge < -0.3 is 15.6 Å². The average molecular weight is 201 g/mol. The summed E-state index contributed by atoms with van der Waals surface area (Å²) >= 11 is 0. The first kappa shape index (κ1) is 12.1. The molecule has 0 aliphatic heterocycles. The van der Waals surface area contributed by atoms with Gasteiger partial charge in [0.2, 0.25) is 0 Å². The Morgan fingerprint density at radius 3 is 2.36 bits per heavy atom. The second kappa shape index (κ2) is 4.97. The summed E-state index contributed by atoms with van der Waals surface area (Å²) in [6, 6.07) is 1.26. The molecule has 78 valence electrons. The first-order valence-electron chi connectivity index (χ1n) is 3.41. The van der Waals surface area contributed by atoms with Crippen molar-refractivity contribution in [2.75, 3.05) is 14.2 Å². The first-order chi connectivity index (χ1) is 6.19. The minimum absolute atomic E-state index is 0. The molecule has 1 heterocycles. The van der Waals surface area contributed by atoms with Crippen LogP contribution in [0.15, 0.2) is 6.07 Å². The van der Waals surface area contributed by atoms with Gasteiger partial charge in [-0.2, -0.15) is 5.10 Å². The normalized spacial score (nSPS) is 8.71. The van der Waals surface area contributed by atoms with Gasteiger partial charge in [0.15, 0.2) is 5.69 Å². The second-order valence-corrected chi connectivity index (χ2v) is 2.15. The Bertz CT molecular complexity index is 303. The number of aromatic amines is 1. The largest absolute Gasteiger partial charge is 0.464 e. The molecule has 0 aliphatic carbocycles. The number of carbonyl (C=O) groups excluding carboxylic acids is 2. The van der Waals surface area contributed by atoms with Crippen LogP contribution >= 0.6 is 0 Å². The second-order valence-electron chi connectivity index (χ2n) is 2.15. The van der Waals surface area contributed by atoms with Gasteiger partial charge in [0.05, 0.1) is 14.2 Å². The summed E-state index contributed by atoms with van der Waals surface area (Å²) in [6.45, 7) is 0. The van der Waals surface area contributed by atoms with Crippen LogP contribution in [-0.4, -0.2) is 36.4 Å². The maximum atomic E-state index is 10.9. The highest BCUT2D eigenvalue weighted by Crippen LogP contribution is 2.01. The third-order valence-electron chi connectivity index (χ3n) is 1.38. The molecular weight excluding hydrogens is 190 g/mol. The standard InChI is InChI=1S/C7H8N2O4.H3N/c1-12-6(10)4-3-5(9-8-4)7(11)13-2;/h3H,1-2H3,(H,8,9);1H3. The molecular formula is C7H11N3O4. The fourth-order valence-corrected chi connectivity index (χ4v) is 0.745. The number of methoxy groups -OCH3 is 2. The molecule has 0 fully saturated rings. The number of hydrogen-bond acceptors (Lipinski definition) is 6. The van der Waals surface area contributed by atoms with Crippen molar-refractivity contribution in [2.45, 2.75) is 0 Å². The van der Waals surface area contributed by atoms with Crippen LogP contribution in [0.25, 0.3) is 0 Å².